The quantitative estimate of drug-likeness (QED) is 0.870. The topological polar surface area (TPSA) is 30.5 Å². The van der Waals surface area contributed by atoms with Crippen LogP contribution in [0, 0.1) is 5.92 Å². The van der Waals surface area contributed by atoms with E-state index in [9.17, 15) is 0 Å². The fourth-order valence-corrected chi connectivity index (χ4v) is 2.34. The van der Waals surface area contributed by atoms with Gasteiger partial charge < -0.3 is 14.8 Å². The van der Waals surface area contributed by atoms with Gasteiger partial charge in [-0.2, -0.15) is 0 Å². The number of ether oxygens (including phenoxy) is 2. The van der Waals surface area contributed by atoms with Crippen molar-refractivity contribution in [3.63, 3.8) is 0 Å². The molecule has 0 aromatic heterocycles. The first-order chi connectivity index (χ1) is 8.79. The molecule has 0 amide bonds. The molecule has 1 aliphatic heterocycles. The van der Waals surface area contributed by atoms with Gasteiger partial charge in [0.25, 0.3) is 0 Å². The molecule has 18 heavy (non-hydrogen) atoms. The van der Waals surface area contributed by atoms with Gasteiger partial charge in [0.1, 0.15) is 5.75 Å². The molecule has 1 saturated heterocycles. The van der Waals surface area contributed by atoms with E-state index in [0.29, 0.717) is 12.0 Å². The van der Waals surface area contributed by atoms with Gasteiger partial charge in [0, 0.05) is 19.2 Å². The van der Waals surface area contributed by atoms with E-state index in [1.807, 2.05) is 12.1 Å². The smallest absolute Gasteiger partial charge is 0.119 e. The lowest BCUT2D eigenvalue weighted by atomic mass is 10.0. The van der Waals surface area contributed by atoms with Crippen LogP contribution in [0.2, 0.25) is 0 Å². The molecular formula is C15H23NO2. The summed E-state index contributed by atoms with van der Waals surface area (Å²) in [5, 5.41) is 3.58. The van der Waals surface area contributed by atoms with Crippen molar-refractivity contribution in [1.82, 2.24) is 5.32 Å². The van der Waals surface area contributed by atoms with Gasteiger partial charge in [0.15, 0.2) is 0 Å². The maximum atomic E-state index is 5.50. The third kappa shape index (κ3) is 3.72. The van der Waals surface area contributed by atoms with E-state index >= 15 is 0 Å². The molecule has 0 bridgehead atoms. The second kappa shape index (κ2) is 6.76. The molecule has 1 fully saturated rings. The minimum atomic E-state index is 0.349. The van der Waals surface area contributed by atoms with E-state index in [2.05, 4.69) is 24.4 Å². The average Bonchev–Trinajstić information content (AvgIpc) is 2.46. The Labute approximate surface area is 109 Å². The molecule has 0 spiro atoms. The Morgan fingerprint density at radius 3 is 3.11 bits per heavy atom. The van der Waals surface area contributed by atoms with Crippen LogP contribution in [0.15, 0.2) is 24.3 Å². The Hall–Kier alpha value is -1.06. The monoisotopic (exact) mass is 249 g/mol. The highest BCUT2D eigenvalue weighted by Crippen LogP contribution is 2.20. The van der Waals surface area contributed by atoms with Crippen LogP contribution >= 0.6 is 0 Å². The van der Waals surface area contributed by atoms with Gasteiger partial charge in [-0.1, -0.05) is 12.1 Å². The van der Waals surface area contributed by atoms with Gasteiger partial charge in [0.05, 0.1) is 13.7 Å². The van der Waals surface area contributed by atoms with Crippen molar-refractivity contribution in [3.8, 4) is 5.75 Å². The zero-order chi connectivity index (χ0) is 12.8. The van der Waals surface area contributed by atoms with E-state index in [-0.39, 0.29) is 0 Å². The van der Waals surface area contributed by atoms with Crippen molar-refractivity contribution in [3.05, 3.63) is 29.8 Å². The summed E-state index contributed by atoms with van der Waals surface area (Å²) < 4.78 is 10.7. The van der Waals surface area contributed by atoms with Crippen LogP contribution in [-0.4, -0.2) is 26.9 Å². The van der Waals surface area contributed by atoms with Crippen LogP contribution in [-0.2, 0) is 4.74 Å². The predicted octanol–water partition coefficient (Wildman–Crippen LogP) is 2.77. The molecule has 3 heteroatoms. The molecule has 2 rings (SSSR count). The maximum Gasteiger partial charge on any atom is 0.119 e. The van der Waals surface area contributed by atoms with Crippen LogP contribution in [0.1, 0.15) is 31.4 Å². The zero-order valence-electron chi connectivity index (χ0n) is 11.3. The number of rotatable bonds is 5. The van der Waals surface area contributed by atoms with Gasteiger partial charge in [0.2, 0.25) is 0 Å². The normalized spacial score (nSPS) is 21.6. The third-order valence-corrected chi connectivity index (χ3v) is 3.56. The first-order valence-electron chi connectivity index (χ1n) is 6.74. The molecule has 2 atom stereocenters. The molecule has 1 aromatic rings. The SMILES string of the molecule is COc1cccc([C@@H](C)NCC2CCCOC2)c1. The van der Waals surface area contributed by atoms with Crippen LogP contribution in [0.5, 0.6) is 5.75 Å². The lowest BCUT2D eigenvalue weighted by molar-refractivity contribution is 0.0540. The number of hydrogen-bond donors (Lipinski definition) is 1. The second-order valence-electron chi connectivity index (χ2n) is 4.99. The van der Waals surface area contributed by atoms with Gasteiger partial charge in [-0.3, -0.25) is 0 Å². The minimum absolute atomic E-state index is 0.349. The summed E-state index contributed by atoms with van der Waals surface area (Å²) >= 11 is 0. The van der Waals surface area contributed by atoms with E-state index in [0.717, 1.165) is 25.5 Å². The first-order valence-corrected chi connectivity index (χ1v) is 6.74. The molecule has 1 N–H and O–H groups in total. The highest BCUT2D eigenvalue weighted by molar-refractivity contribution is 5.30. The van der Waals surface area contributed by atoms with E-state index in [4.69, 9.17) is 9.47 Å². The van der Waals surface area contributed by atoms with E-state index in [1.54, 1.807) is 7.11 Å². The maximum absolute atomic E-state index is 5.50. The lowest BCUT2D eigenvalue weighted by Gasteiger charge is -2.24. The zero-order valence-corrected chi connectivity index (χ0v) is 11.3. The molecule has 1 unspecified atom stereocenters. The van der Waals surface area contributed by atoms with Crippen LogP contribution in [0.4, 0.5) is 0 Å². The van der Waals surface area contributed by atoms with Crippen molar-refractivity contribution < 1.29 is 9.47 Å². The number of benzene rings is 1. The molecule has 1 aliphatic rings. The number of methoxy groups -OCH3 is 1. The molecule has 0 aliphatic carbocycles. The van der Waals surface area contributed by atoms with Crippen molar-refractivity contribution >= 4 is 0 Å². The molecule has 0 saturated carbocycles. The Morgan fingerprint density at radius 1 is 1.50 bits per heavy atom. The molecule has 1 aromatic carbocycles. The number of hydrogen-bond acceptors (Lipinski definition) is 3. The van der Waals surface area contributed by atoms with Gasteiger partial charge >= 0.3 is 0 Å². The minimum Gasteiger partial charge on any atom is -0.497 e. The summed E-state index contributed by atoms with van der Waals surface area (Å²) in [5.74, 6) is 1.58. The third-order valence-electron chi connectivity index (χ3n) is 3.56. The molecule has 100 valence electrons. The summed E-state index contributed by atoms with van der Waals surface area (Å²) in [7, 11) is 1.70. The molecule has 1 heterocycles. The predicted molar refractivity (Wildman–Crippen MR) is 73.0 cm³/mol. The second-order valence-corrected chi connectivity index (χ2v) is 4.99. The van der Waals surface area contributed by atoms with E-state index < -0.39 is 0 Å². The van der Waals surface area contributed by atoms with Gasteiger partial charge in [-0.15, -0.1) is 0 Å². The average molecular weight is 249 g/mol. The Balaban J connectivity index is 1.84. The standard InChI is InChI=1S/C15H23NO2/c1-12(14-6-3-7-15(9-14)17-2)16-10-13-5-4-8-18-11-13/h3,6-7,9,12-13,16H,4-5,8,10-11H2,1-2H3/t12-,13?/m1/s1. The summed E-state index contributed by atoms with van der Waals surface area (Å²) in [4.78, 5) is 0. The highest BCUT2D eigenvalue weighted by atomic mass is 16.5. The molecule has 3 nitrogen and oxygen atoms in total. The Kier molecular flexibility index (Phi) is 5.02. The summed E-state index contributed by atoms with van der Waals surface area (Å²) in [6, 6.07) is 8.59. The lowest BCUT2D eigenvalue weighted by Crippen LogP contribution is -2.30. The summed E-state index contributed by atoms with van der Waals surface area (Å²) in [6.45, 7) is 5.05. The van der Waals surface area contributed by atoms with Crippen molar-refractivity contribution in [2.24, 2.45) is 5.92 Å². The van der Waals surface area contributed by atoms with Crippen molar-refractivity contribution in [1.29, 1.82) is 0 Å². The largest absolute Gasteiger partial charge is 0.497 e. The van der Waals surface area contributed by atoms with Gasteiger partial charge in [-0.05, 0) is 43.4 Å². The van der Waals surface area contributed by atoms with Crippen LogP contribution < -0.4 is 10.1 Å². The van der Waals surface area contributed by atoms with E-state index in [1.165, 1.54) is 18.4 Å². The van der Waals surface area contributed by atoms with Crippen molar-refractivity contribution in [2.75, 3.05) is 26.9 Å². The van der Waals surface area contributed by atoms with Gasteiger partial charge in [-0.25, -0.2) is 0 Å². The molecule has 0 radical (unpaired) electrons. The highest BCUT2D eigenvalue weighted by Gasteiger charge is 2.15. The summed E-state index contributed by atoms with van der Waals surface area (Å²) in [6.07, 6.45) is 2.47. The van der Waals surface area contributed by atoms with Crippen LogP contribution in [0.25, 0.3) is 0 Å². The summed E-state index contributed by atoms with van der Waals surface area (Å²) in [5.41, 5.74) is 1.27. The molecular weight excluding hydrogens is 226 g/mol. The Morgan fingerprint density at radius 2 is 2.39 bits per heavy atom. The fraction of sp³-hybridized carbons (Fsp3) is 0.600. The van der Waals surface area contributed by atoms with Crippen molar-refractivity contribution in [2.45, 2.75) is 25.8 Å². The first kappa shape index (κ1) is 13.4. The van der Waals surface area contributed by atoms with Crippen LogP contribution in [0.3, 0.4) is 0 Å². The Bertz CT molecular complexity index is 361. The number of nitrogens with one attached hydrogen (secondary N) is 1. The fourth-order valence-electron chi connectivity index (χ4n) is 2.34.